The van der Waals surface area contributed by atoms with Crippen molar-refractivity contribution in [3.63, 3.8) is 0 Å². The zero-order valence-electron chi connectivity index (χ0n) is 74.0. The standard InChI is InChI=1S/2C25H34O7.2C23H32O7/c2*1-5-30-16-9-6-13-10-22(3,4)17-20(28)25(29)24-15(23(17,11-31-25)21(13)32-16)8-7-14(19(24)27)12(2)18(24)26;2*1-11-13-5-6-14-21-10-30-23(28,22(14,16(11)24)18(13)26)19(27)15(21)20(2,3)9-12(17(21)25)7-8-29-4/h2*14-17,19-20,27-29H,2,5-11H2,1,3-4H3;2*12-15,18-19,26-28H,1,5-10H2,2-4H3/t14-,15-,16+,17+,19+,20-,23-,24-,25+;14-,15-,16-,17+,19+,20-,23-,24-,25+;12-,13+,14+,15-,18-,19+,21+,22+,23-;12-,13-,14-,15+,18+,19-,21-,22-,23+/m0010/s1. The van der Waals surface area contributed by atoms with Gasteiger partial charge in [0.05, 0.1) is 72.5 Å². The summed E-state index contributed by atoms with van der Waals surface area (Å²) in [6, 6.07) is 0. The van der Waals surface area contributed by atoms with E-state index in [1.54, 1.807) is 14.2 Å². The highest BCUT2D eigenvalue weighted by Gasteiger charge is 2.93. The van der Waals surface area contributed by atoms with Crippen LogP contribution in [0.5, 0.6) is 0 Å². The maximum atomic E-state index is 14.1. The molecule has 26 rings (SSSR count). The monoisotopic (exact) mass is 1730 g/mol. The summed E-state index contributed by atoms with van der Waals surface area (Å²) >= 11 is 0. The van der Waals surface area contributed by atoms with E-state index in [1.165, 1.54) is 11.1 Å². The van der Waals surface area contributed by atoms with E-state index in [-0.39, 0.29) is 108 Å². The van der Waals surface area contributed by atoms with Crippen molar-refractivity contribution in [2.24, 2.45) is 148 Å². The Bertz CT molecular complexity index is 4410. The van der Waals surface area contributed by atoms with Crippen molar-refractivity contribution in [3.8, 4) is 0 Å². The highest BCUT2D eigenvalue weighted by Crippen LogP contribution is 2.83. The van der Waals surface area contributed by atoms with Gasteiger partial charge in [0.2, 0.25) is 23.1 Å². The van der Waals surface area contributed by atoms with Gasteiger partial charge in [0.1, 0.15) is 69.2 Å². The number of carbonyl (C=O) groups excluding carboxylic acids is 6. The summed E-state index contributed by atoms with van der Waals surface area (Å²) in [7, 11) is 3.20. The molecular formula is C96H132O28. The van der Waals surface area contributed by atoms with Gasteiger partial charge >= 0.3 is 0 Å². The van der Waals surface area contributed by atoms with Crippen molar-refractivity contribution >= 4 is 34.7 Å². The Labute approximate surface area is 724 Å². The summed E-state index contributed by atoms with van der Waals surface area (Å²) in [5.41, 5.74) is -8.68. The molecule has 28 heteroatoms. The average Bonchev–Trinajstić information content (AvgIpc) is 1.31. The molecule has 0 radical (unpaired) electrons. The molecule has 22 fully saturated rings. The molecule has 16 bridgehead atoms. The molecule has 16 aliphatic carbocycles. The molecule has 0 unspecified atom stereocenters. The quantitative estimate of drug-likeness (QED) is 0.115. The summed E-state index contributed by atoms with van der Waals surface area (Å²) in [5, 5.41) is 139. The molecule has 10 heterocycles. The van der Waals surface area contributed by atoms with Crippen LogP contribution in [0.15, 0.2) is 71.3 Å². The smallest absolute Gasteiger partial charge is 0.208 e. The molecule has 12 N–H and O–H groups in total. The third-order valence-corrected chi connectivity index (χ3v) is 38.5. The predicted molar refractivity (Wildman–Crippen MR) is 436 cm³/mol. The van der Waals surface area contributed by atoms with Crippen LogP contribution in [-0.4, -0.2) is 248 Å². The van der Waals surface area contributed by atoms with Crippen molar-refractivity contribution in [2.75, 3.05) is 67.1 Å². The molecular weight excluding hydrogens is 1600 g/mol. The molecule has 684 valence electrons. The second-order valence-electron chi connectivity index (χ2n) is 44.8. The number of aliphatic hydroxyl groups is 12. The number of allylic oxidation sites excluding steroid dienone is 2. The van der Waals surface area contributed by atoms with Gasteiger partial charge in [-0.3, -0.25) is 28.8 Å². The molecule has 28 nitrogen and oxygen atoms in total. The predicted octanol–water partition coefficient (Wildman–Crippen LogP) is 5.80. The van der Waals surface area contributed by atoms with Gasteiger partial charge in [-0.25, -0.2) is 0 Å². The normalized spacial score (nSPS) is 53.3. The molecule has 26 aliphatic rings. The van der Waals surface area contributed by atoms with E-state index in [0.717, 1.165) is 50.0 Å². The maximum Gasteiger partial charge on any atom is 0.208 e. The number of fused-ring (bicyclic) bond motifs is 8. The minimum Gasteiger partial charge on any atom is -0.469 e. The van der Waals surface area contributed by atoms with Crippen LogP contribution in [0.2, 0.25) is 0 Å². The Morgan fingerprint density at radius 2 is 0.621 bits per heavy atom. The largest absolute Gasteiger partial charge is 0.469 e. The van der Waals surface area contributed by atoms with E-state index in [4.69, 9.17) is 47.4 Å². The second-order valence-corrected chi connectivity index (χ2v) is 44.8. The molecule has 124 heavy (non-hydrogen) atoms. The Kier molecular flexibility index (Phi) is 19.9. The van der Waals surface area contributed by atoms with Crippen molar-refractivity contribution in [1.29, 1.82) is 0 Å². The van der Waals surface area contributed by atoms with Gasteiger partial charge in [0.15, 0.2) is 35.7 Å². The molecule has 36 atom stereocenters. The Balaban J connectivity index is 0.000000108. The highest BCUT2D eigenvalue weighted by molar-refractivity contribution is 6.08. The zero-order valence-corrected chi connectivity index (χ0v) is 74.0. The van der Waals surface area contributed by atoms with Crippen LogP contribution in [0.25, 0.3) is 0 Å². The number of hydrogen-bond donors (Lipinski definition) is 12. The van der Waals surface area contributed by atoms with E-state index in [2.05, 4.69) is 54.0 Å². The van der Waals surface area contributed by atoms with Crippen molar-refractivity contribution in [1.82, 2.24) is 0 Å². The lowest BCUT2D eigenvalue weighted by atomic mass is 9.35. The first-order valence-electron chi connectivity index (χ1n) is 46.1. The van der Waals surface area contributed by atoms with Gasteiger partial charge in [0, 0.05) is 113 Å². The lowest BCUT2D eigenvalue weighted by Crippen LogP contribution is -2.85. The number of hydrogen-bond acceptors (Lipinski definition) is 28. The highest BCUT2D eigenvalue weighted by atomic mass is 16.7. The first kappa shape index (κ1) is 88.5. The molecule has 0 aromatic carbocycles. The topological polar surface area (TPSA) is 437 Å². The summed E-state index contributed by atoms with van der Waals surface area (Å²) in [6.45, 7) is 38.3. The van der Waals surface area contributed by atoms with Gasteiger partial charge in [-0.05, 0) is 195 Å². The SMILES string of the molecule is C=C1C(=O)[C@]23[C@H](O)[C@H]1CC[C@H]2[C@@]12CO[C@]3(O)[C@@H](O)[C@@H]1C(C)(C)CC1=C2O[C@@H](OCC)CC1.C=C1C(=O)[C@]23[C@H](O)[C@H]1CC[C@H]2[C@@]12CO[C@]3(O)[C@@H](O)[C@@H]1C(C)(C)CC1=C2O[C@H](OCC)CC1.C=C1C(=O)[C@]23[C@H](O)[C@H]1CC[C@H]2[C@@]12CO[C@]3(O)[C@@H](O)[C@@H]1C(C)(C)C[C@@H](CCOC)C2=O.C=C1C(=O)[C@]23[C@H](O)[C@H]1CC[C@H]2[C@@]12CO[C@]3(O)[C@@H](O)[C@@H]1C(C)(C)C[C@H](CCOC)C2=O. The fraction of sp³-hybridized carbons (Fsp3) is 0.812. The van der Waals surface area contributed by atoms with E-state index < -0.39 is 197 Å². The molecule has 0 aromatic heterocycles. The van der Waals surface area contributed by atoms with E-state index in [0.29, 0.717) is 115 Å². The van der Waals surface area contributed by atoms with Gasteiger partial charge < -0.3 is 109 Å². The second kappa shape index (κ2) is 27.9. The number of carbonyl (C=O) groups is 6. The number of ketones is 6. The molecule has 8 spiro atoms. The van der Waals surface area contributed by atoms with Crippen LogP contribution < -0.4 is 0 Å². The summed E-state index contributed by atoms with van der Waals surface area (Å²) in [4.78, 5) is 82.7. The Morgan fingerprint density at radius 3 is 0.887 bits per heavy atom. The van der Waals surface area contributed by atoms with Crippen LogP contribution in [0.3, 0.4) is 0 Å². The molecule has 0 amide bonds. The van der Waals surface area contributed by atoms with Crippen LogP contribution >= 0.6 is 0 Å². The summed E-state index contributed by atoms with van der Waals surface area (Å²) in [6.07, 6.45) is 0.445. The summed E-state index contributed by atoms with van der Waals surface area (Å²) in [5.74, 6) is -15.1. The van der Waals surface area contributed by atoms with Gasteiger partial charge in [-0.2, -0.15) is 0 Å². The Hall–Kier alpha value is -4.74. The van der Waals surface area contributed by atoms with E-state index >= 15 is 0 Å². The molecule has 0 aromatic rings. The lowest BCUT2D eigenvalue weighted by Gasteiger charge is -2.73. The van der Waals surface area contributed by atoms with Crippen LogP contribution in [0.4, 0.5) is 0 Å². The third-order valence-electron chi connectivity index (χ3n) is 38.5. The van der Waals surface area contributed by atoms with Crippen molar-refractivity contribution < 1.29 is 137 Å². The minimum atomic E-state index is -2.23. The van der Waals surface area contributed by atoms with E-state index in [1.807, 2.05) is 41.5 Å². The maximum absolute atomic E-state index is 14.1. The van der Waals surface area contributed by atoms with Crippen LogP contribution in [0, 0.1) is 148 Å². The molecule has 14 saturated carbocycles. The first-order valence-corrected chi connectivity index (χ1v) is 46.1. The fourth-order valence-electron chi connectivity index (χ4n) is 34.9. The number of rotatable bonds is 10. The summed E-state index contributed by atoms with van der Waals surface area (Å²) < 4.78 is 59.0. The van der Waals surface area contributed by atoms with Crippen LogP contribution in [0.1, 0.15) is 185 Å². The number of ether oxygens (including phenoxy) is 10. The third kappa shape index (κ3) is 9.75. The first-order chi connectivity index (χ1) is 58.2. The minimum absolute atomic E-state index is 0.0231. The molecule has 8 saturated heterocycles. The average molecular weight is 1730 g/mol. The van der Waals surface area contributed by atoms with E-state index in [9.17, 15) is 90.0 Å². The lowest BCUT2D eigenvalue weighted by molar-refractivity contribution is -0.444. The number of methoxy groups -OCH3 is 2. The van der Waals surface area contributed by atoms with Gasteiger partial charge in [0.25, 0.3) is 0 Å². The zero-order chi connectivity index (χ0) is 89.4. The number of aliphatic hydroxyl groups excluding tert-OH is 8. The fourth-order valence-corrected chi connectivity index (χ4v) is 34.9. The van der Waals surface area contributed by atoms with Crippen LogP contribution in [-0.2, 0) is 76.1 Å². The van der Waals surface area contributed by atoms with Gasteiger partial charge in [-0.15, -0.1) is 0 Å². The van der Waals surface area contributed by atoms with Gasteiger partial charge in [-0.1, -0.05) is 81.7 Å². The van der Waals surface area contributed by atoms with Crippen molar-refractivity contribution in [3.05, 3.63) is 71.3 Å². The van der Waals surface area contributed by atoms with Crippen molar-refractivity contribution in [2.45, 2.75) is 269 Å². The Morgan fingerprint density at radius 1 is 0.363 bits per heavy atom. The number of Topliss-reactive ketones (excluding diaryl/α,β-unsaturated/α-hetero) is 6. The molecule has 10 aliphatic heterocycles.